The fourth-order valence-electron chi connectivity index (χ4n) is 5.78. The maximum absolute atomic E-state index is 14.4. The number of urea groups is 1. The number of methoxy groups -OCH3 is 1. The van der Waals surface area contributed by atoms with Crippen molar-refractivity contribution in [3.8, 4) is 11.5 Å². The second kappa shape index (κ2) is 18.1. The van der Waals surface area contributed by atoms with Crippen molar-refractivity contribution >= 4 is 33.3 Å². The van der Waals surface area contributed by atoms with Crippen LogP contribution in [0.4, 0.5) is 29.3 Å². The predicted molar refractivity (Wildman–Crippen MR) is 194 cm³/mol. The lowest BCUT2D eigenvalue weighted by Gasteiger charge is -2.35. The molecular weight excluding hydrogens is 717 g/mol. The molecule has 290 valence electrons. The van der Waals surface area contributed by atoms with Crippen molar-refractivity contribution in [1.82, 2.24) is 9.21 Å². The number of alkyl halides is 3. The van der Waals surface area contributed by atoms with Gasteiger partial charge in [0.1, 0.15) is 11.5 Å². The van der Waals surface area contributed by atoms with Gasteiger partial charge in [0, 0.05) is 44.0 Å². The molecule has 0 saturated heterocycles. The number of sulfonamides is 1. The van der Waals surface area contributed by atoms with E-state index in [1.807, 2.05) is 13.8 Å². The second-order valence-corrected chi connectivity index (χ2v) is 15.2. The molecule has 53 heavy (non-hydrogen) atoms. The van der Waals surface area contributed by atoms with Gasteiger partial charge in [-0.1, -0.05) is 6.92 Å². The molecule has 3 aromatic carbocycles. The number of benzene rings is 3. The number of carbonyl (C=O) groups is 2. The minimum absolute atomic E-state index is 0.0106. The van der Waals surface area contributed by atoms with Crippen LogP contribution in [0.25, 0.3) is 0 Å². The first-order chi connectivity index (χ1) is 25.0. The molecule has 1 aliphatic rings. The Morgan fingerprint density at radius 1 is 1.04 bits per heavy atom. The van der Waals surface area contributed by atoms with Crippen LogP contribution in [0.15, 0.2) is 71.6 Å². The summed E-state index contributed by atoms with van der Waals surface area (Å²) in [6.45, 7) is 5.41. The molecule has 0 saturated carbocycles. The molecule has 0 aromatic heterocycles. The Kier molecular flexibility index (Phi) is 14.1. The van der Waals surface area contributed by atoms with Gasteiger partial charge in [-0.2, -0.15) is 17.5 Å². The average molecular weight is 765 g/mol. The quantitative estimate of drug-likeness (QED) is 0.225. The number of likely N-dealkylation sites (N-methyl/N-ethyl adjacent to an activating group) is 1. The molecule has 0 aliphatic carbocycles. The highest BCUT2D eigenvalue weighted by Crippen LogP contribution is 2.31. The number of carbonyl (C=O) groups excluding carboxylic acids is 2. The number of hydrogen-bond acceptors (Lipinski definition) is 8. The lowest BCUT2D eigenvalue weighted by molar-refractivity contribution is -0.137. The first-order valence-electron chi connectivity index (χ1n) is 17.2. The van der Waals surface area contributed by atoms with Crippen molar-refractivity contribution < 1.29 is 50.5 Å². The summed E-state index contributed by atoms with van der Waals surface area (Å²) in [4.78, 5) is 28.8. The van der Waals surface area contributed by atoms with Gasteiger partial charge in [0.25, 0.3) is 5.91 Å². The smallest absolute Gasteiger partial charge is 0.416 e. The third-order valence-electron chi connectivity index (χ3n) is 8.98. The second-order valence-electron chi connectivity index (χ2n) is 13.1. The van der Waals surface area contributed by atoms with Crippen molar-refractivity contribution in [2.45, 2.75) is 69.4 Å². The molecule has 0 unspecified atom stereocenters. The molecule has 3 amide bonds. The van der Waals surface area contributed by atoms with E-state index in [1.165, 1.54) is 41.6 Å². The molecule has 1 heterocycles. The number of nitrogens with zero attached hydrogens (tertiary/aromatic N) is 2. The van der Waals surface area contributed by atoms with Gasteiger partial charge < -0.3 is 34.9 Å². The molecule has 0 radical (unpaired) electrons. The van der Waals surface area contributed by atoms with Crippen LogP contribution in [0, 0.1) is 5.92 Å². The summed E-state index contributed by atoms with van der Waals surface area (Å²) in [5.74, 6) is -0.150. The van der Waals surface area contributed by atoms with E-state index in [1.54, 1.807) is 31.2 Å². The van der Waals surface area contributed by atoms with Crippen LogP contribution in [-0.2, 0) is 20.9 Å². The van der Waals surface area contributed by atoms with E-state index < -0.39 is 51.8 Å². The first-order valence-corrected chi connectivity index (χ1v) is 18.7. The number of halogens is 3. The van der Waals surface area contributed by atoms with Crippen LogP contribution in [0.1, 0.15) is 56.0 Å². The zero-order valence-electron chi connectivity index (χ0n) is 30.4. The van der Waals surface area contributed by atoms with E-state index in [4.69, 9.17) is 14.2 Å². The van der Waals surface area contributed by atoms with Gasteiger partial charge in [0.05, 0.1) is 48.0 Å². The van der Waals surface area contributed by atoms with Gasteiger partial charge in [-0.05, 0) is 99.8 Å². The average Bonchev–Trinajstić information content (AvgIpc) is 3.12. The summed E-state index contributed by atoms with van der Waals surface area (Å²) in [6.07, 6.45) is -3.45. The number of ether oxygens (including phenoxy) is 3. The molecule has 4 atom stereocenters. The zero-order valence-corrected chi connectivity index (χ0v) is 31.2. The molecular formula is C37H47F3N4O8S. The van der Waals surface area contributed by atoms with Gasteiger partial charge in [0.15, 0.2) is 0 Å². The summed E-state index contributed by atoms with van der Waals surface area (Å²) in [5, 5.41) is 15.3. The van der Waals surface area contributed by atoms with E-state index >= 15 is 0 Å². The fourth-order valence-corrected chi connectivity index (χ4v) is 6.96. The Labute approximate surface area is 308 Å². The Hall–Kier alpha value is -4.38. The summed E-state index contributed by atoms with van der Waals surface area (Å²) in [7, 11) is -0.947. The minimum Gasteiger partial charge on any atom is -0.497 e. The van der Waals surface area contributed by atoms with Crippen LogP contribution < -0.4 is 20.1 Å². The van der Waals surface area contributed by atoms with Crippen molar-refractivity contribution in [3.63, 3.8) is 0 Å². The van der Waals surface area contributed by atoms with Crippen molar-refractivity contribution in [2.75, 3.05) is 51.1 Å². The van der Waals surface area contributed by atoms with Crippen molar-refractivity contribution in [1.29, 1.82) is 0 Å². The number of hydrogen-bond donors (Lipinski definition) is 3. The zero-order chi connectivity index (χ0) is 38.9. The fraction of sp³-hybridized carbons (Fsp3) is 0.459. The maximum Gasteiger partial charge on any atom is 0.416 e. The van der Waals surface area contributed by atoms with Gasteiger partial charge in [-0.15, -0.1) is 0 Å². The van der Waals surface area contributed by atoms with Crippen LogP contribution in [0.2, 0.25) is 0 Å². The molecule has 3 N–H and O–H groups in total. The summed E-state index contributed by atoms with van der Waals surface area (Å²) in [5.41, 5.74) is -0.430. The molecule has 3 aromatic rings. The number of nitrogens with one attached hydrogen (secondary N) is 2. The van der Waals surface area contributed by atoms with Crippen molar-refractivity contribution in [2.24, 2.45) is 5.92 Å². The Bertz CT molecular complexity index is 1790. The molecule has 0 bridgehead atoms. The lowest BCUT2D eigenvalue weighted by atomic mass is 10.0. The summed E-state index contributed by atoms with van der Waals surface area (Å²) in [6, 6.07) is 13.1. The molecule has 4 rings (SSSR count). The lowest BCUT2D eigenvalue weighted by Crippen LogP contribution is -2.48. The summed E-state index contributed by atoms with van der Waals surface area (Å²) < 4.78 is 84.8. The number of amides is 3. The number of fused-ring (bicyclic) bond motifs is 1. The minimum atomic E-state index is -4.52. The Balaban J connectivity index is 1.60. The number of aliphatic hydroxyl groups excluding tert-OH is 1. The molecule has 12 nitrogen and oxygen atoms in total. The third-order valence-corrected chi connectivity index (χ3v) is 10.8. The van der Waals surface area contributed by atoms with E-state index in [9.17, 15) is 36.3 Å². The van der Waals surface area contributed by atoms with Crippen LogP contribution >= 0.6 is 0 Å². The van der Waals surface area contributed by atoms with E-state index in [0.29, 0.717) is 25.2 Å². The topological polar surface area (TPSA) is 147 Å². The number of rotatable bonds is 9. The highest BCUT2D eigenvalue weighted by Gasteiger charge is 2.33. The normalized spacial score (nSPS) is 19.8. The van der Waals surface area contributed by atoms with Crippen LogP contribution in [0.5, 0.6) is 11.5 Å². The first kappa shape index (κ1) is 41.4. The van der Waals surface area contributed by atoms with Crippen LogP contribution in [0.3, 0.4) is 0 Å². The SMILES string of the molecule is COc1ccc(S(=O)(=O)N(C)C[C@@H]2OCCCC[C@H](C)Oc3ccc(NC(=O)Nc4ccc(C(F)(F)F)cc4)cc3C(=O)N([C@H](C)CO)C[C@H]2C)cc1. The van der Waals surface area contributed by atoms with Gasteiger partial charge >= 0.3 is 12.2 Å². The van der Waals surface area contributed by atoms with Gasteiger partial charge in [-0.25, -0.2) is 13.2 Å². The molecule has 1 aliphatic heterocycles. The van der Waals surface area contributed by atoms with Crippen molar-refractivity contribution in [3.05, 3.63) is 77.9 Å². The predicted octanol–water partition coefficient (Wildman–Crippen LogP) is 6.47. The maximum atomic E-state index is 14.4. The van der Waals surface area contributed by atoms with Gasteiger partial charge in [0.2, 0.25) is 10.0 Å². The Morgan fingerprint density at radius 2 is 1.68 bits per heavy atom. The number of anilines is 2. The number of aliphatic hydroxyl groups is 1. The molecule has 16 heteroatoms. The largest absolute Gasteiger partial charge is 0.497 e. The van der Waals surface area contributed by atoms with Crippen LogP contribution in [-0.4, -0.2) is 93.4 Å². The van der Waals surface area contributed by atoms with Gasteiger partial charge in [-0.3, -0.25) is 4.79 Å². The third kappa shape index (κ3) is 11.1. The highest BCUT2D eigenvalue weighted by molar-refractivity contribution is 7.89. The summed E-state index contributed by atoms with van der Waals surface area (Å²) >= 11 is 0. The monoisotopic (exact) mass is 764 g/mol. The molecule has 0 fully saturated rings. The van der Waals surface area contributed by atoms with E-state index in [2.05, 4.69) is 10.6 Å². The van der Waals surface area contributed by atoms with E-state index in [0.717, 1.165) is 30.7 Å². The highest BCUT2D eigenvalue weighted by atomic mass is 32.2. The standard InChI is InChI=1S/C37H47F3N4O8S/c1-24-21-44(25(2)23-45)35(46)32-20-29(42-36(47)41-28-11-9-27(10-12-28)37(38,39)40)13-18-33(32)52-26(3)8-6-7-19-51-34(24)22-43(4)53(48,49)31-16-14-30(50-5)15-17-31/h9-18,20,24-26,34,45H,6-8,19,21-23H2,1-5H3,(H2,41,42,47)/t24-,25-,26+,34+/m1/s1. The Morgan fingerprint density at radius 3 is 2.30 bits per heavy atom. The molecule has 0 spiro atoms. The van der Waals surface area contributed by atoms with E-state index in [-0.39, 0.29) is 53.4 Å².